The summed E-state index contributed by atoms with van der Waals surface area (Å²) in [6, 6.07) is 0. The van der Waals surface area contributed by atoms with Gasteiger partial charge in [-0.15, -0.1) is 0 Å². The van der Waals surface area contributed by atoms with Crippen LogP contribution in [-0.4, -0.2) is 54.9 Å². The molecule has 2 saturated heterocycles. The van der Waals surface area contributed by atoms with Crippen molar-refractivity contribution in [1.29, 1.82) is 0 Å². The normalized spacial score (nSPS) is 21.7. The van der Waals surface area contributed by atoms with Gasteiger partial charge in [0.1, 0.15) is 11.4 Å². The summed E-state index contributed by atoms with van der Waals surface area (Å²) in [6.45, 7) is 3.69. The number of aromatic nitrogens is 2. The minimum atomic E-state index is 0.0272. The van der Waals surface area contributed by atoms with Crippen molar-refractivity contribution in [3.63, 3.8) is 0 Å². The number of fused-ring (bicyclic) bond motifs is 1. The number of amides is 1. The van der Waals surface area contributed by atoms with E-state index < -0.39 is 0 Å². The molecule has 0 unspecified atom stereocenters. The molecule has 0 bridgehead atoms. The van der Waals surface area contributed by atoms with Gasteiger partial charge >= 0.3 is 0 Å². The van der Waals surface area contributed by atoms with E-state index in [9.17, 15) is 9.59 Å². The van der Waals surface area contributed by atoms with Crippen molar-refractivity contribution in [1.82, 2.24) is 9.97 Å². The lowest BCUT2D eigenvalue weighted by molar-refractivity contribution is -0.118. The number of carbonyl (C=O) groups is 2. The Morgan fingerprint density at radius 3 is 2.00 bits per heavy atom. The van der Waals surface area contributed by atoms with E-state index in [0.29, 0.717) is 30.2 Å². The fourth-order valence-electron chi connectivity index (χ4n) is 4.11. The molecule has 0 saturated carbocycles. The average Bonchev–Trinajstić information content (AvgIpc) is 3.36. The minimum Gasteiger partial charge on any atom is -0.356 e. The molecule has 1 aromatic heterocycles. The van der Waals surface area contributed by atoms with Gasteiger partial charge in [0.2, 0.25) is 11.9 Å². The number of rotatable bonds is 2. The number of Topliss-reactive ketones (excluding diaryl/α,β-unsaturated/α-hetero) is 1. The standard InChI is InChI=1S/C19H27N5O2/c1-22-15(26)9-3-2-8-14(25)16-17(22)20-19(24-12-6-7-13-24)21-18(16)23-10-4-5-11-23/h2-13H2,1H3. The molecular formula is C19H27N5O2. The SMILES string of the molecule is CN1C(=O)CCCCC(=O)c2c(N3CCCC3)nc(N3CCCC3)nc21. The van der Waals surface area contributed by atoms with Crippen molar-refractivity contribution in [2.75, 3.05) is 47.9 Å². The molecule has 3 aliphatic heterocycles. The Morgan fingerprint density at radius 2 is 1.31 bits per heavy atom. The van der Waals surface area contributed by atoms with Gasteiger partial charge in [-0.3, -0.25) is 14.5 Å². The molecule has 0 atom stereocenters. The molecular weight excluding hydrogens is 330 g/mol. The Bertz CT molecular complexity index is 708. The highest BCUT2D eigenvalue weighted by molar-refractivity contribution is 6.08. The average molecular weight is 357 g/mol. The van der Waals surface area contributed by atoms with Crippen molar-refractivity contribution in [2.24, 2.45) is 0 Å². The minimum absolute atomic E-state index is 0.0272. The molecule has 7 heteroatoms. The maximum atomic E-state index is 13.0. The molecule has 0 radical (unpaired) electrons. The van der Waals surface area contributed by atoms with Gasteiger partial charge in [-0.2, -0.15) is 9.97 Å². The van der Waals surface area contributed by atoms with Crippen LogP contribution < -0.4 is 14.7 Å². The highest BCUT2D eigenvalue weighted by Crippen LogP contribution is 2.34. The van der Waals surface area contributed by atoms with E-state index in [1.54, 1.807) is 11.9 Å². The van der Waals surface area contributed by atoms with Crippen LogP contribution in [0.2, 0.25) is 0 Å². The van der Waals surface area contributed by atoms with Crippen molar-refractivity contribution >= 4 is 29.3 Å². The van der Waals surface area contributed by atoms with Crippen molar-refractivity contribution in [3.05, 3.63) is 5.56 Å². The van der Waals surface area contributed by atoms with Crippen LogP contribution in [0, 0.1) is 0 Å². The van der Waals surface area contributed by atoms with Gasteiger partial charge in [-0.05, 0) is 38.5 Å². The molecule has 0 N–H and O–H groups in total. The molecule has 26 heavy (non-hydrogen) atoms. The molecule has 4 heterocycles. The molecule has 4 rings (SSSR count). The van der Waals surface area contributed by atoms with Crippen LogP contribution in [0.1, 0.15) is 61.7 Å². The predicted molar refractivity (Wildman–Crippen MR) is 101 cm³/mol. The lowest BCUT2D eigenvalue weighted by Crippen LogP contribution is -2.32. The first-order valence-electron chi connectivity index (χ1n) is 9.87. The summed E-state index contributed by atoms with van der Waals surface area (Å²) in [5, 5.41) is 0. The van der Waals surface area contributed by atoms with Gasteiger partial charge in [0.05, 0.1) is 0 Å². The van der Waals surface area contributed by atoms with E-state index in [2.05, 4.69) is 9.80 Å². The van der Waals surface area contributed by atoms with Crippen molar-refractivity contribution < 1.29 is 9.59 Å². The topological polar surface area (TPSA) is 69.6 Å². The molecule has 7 nitrogen and oxygen atoms in total. The second-order valence-electron chi connectivity index (χ2n) is 7.52. The lowest BCUT2D eigenvalue weighted by Gasteiger charge is -2.27. The van der Waals surface area contributed by atoms with E-state index in [4.69, 9.17) is 9.97 Å². The second-order valence-corrected chi connectivity index (χ2v) is 7.52. The van der Waals surface area contributed by atoms with Crippen LogP contribution in [0.3, 0.4) is 0 Å². The van der Waals surface area contributed by atoms with E-state index in [0.717, 1.165) is 70.5 Å². The summed E-state index contributed by atoms with van der Waals surface area (Å²) in [6.07, 6.45) is 6.90. The highest BCUT2D eigenvalue weighted by Gasteiger charge is 2.31. The molecule has 1 aromatic rings. The van der Waals surface area contributed by atoms with E-state index in [1.807, 2.05) is 0 Å². The summed E-state index contributed by atoms with van der Waals surface area (Å²) in [5.41, 5.74) is 0.549. The zero-order valence-corrected chi connectivity index (χ0v) is 15.5. The van der Waals surface area contributed by atoms with Gasteiger partial charge in [-0.1, -0.05) is 0 Å². The lowest BCUT2D eigenvalue weighted by atomic mass is 10.1. The van der Waals surface area contributed by atoms with Crippen molar-refractivity contribution in [2.45, 2.75) is 51.4 Å². The number of carbonyl (C=O) groups excluding carboxylic acids is 2. The molecule has 140 valence electrons. The van der Waals surface area contributed by atoms with Crippen LogP contribution in [0.25, 0.3) is 0 Å². The van der Waals surface area contributed by atoms with Crippen LogP contribution in [0.5, 0.6) is 0 Å². The number of hydrogen-bond acceptors (Lipinski definition) is 6. The largest absolute Gasteiger partial charge is 0.356 e. The molecule has 0 spiro atoms. The van der Waals surface area contributed by atoms with E-state index >= 15 is 0 Å². The second kappa shape index (κ2) is 7.21. The number of anilines is 3. The first-order chi connectivity index (χ1) is 12.6. The first kappa shape index (κ1) is 17.2. The van der Waals surface area contributed by atoms with Crippen LogP contribution >= 0.6 is 0 Å². The molecule has 3 aliphatic rings. The summed E-state index contributed by atoms with van der Waals surface area (Å²) >= 11 is 0. The van der Waals surface area contributed by atoms with Gasteiger partial charge in [0, 0.05) is 46.1 Å². The van der Waals surface area contributed by atoms with Crippen molar-refractivity contribution in [3.8, 4) is 0 Å². The zero-order chi connectivity index (χ0) is 18.1. The van der Waals surface area contributed by atoms with Crippen LogP contribution in [-0.2, 0) is 4.79 Å². The fourth-order valence-corrected chi connectivity index (χ4v) is 4.11. The third-order valence-electron chi connectivity index (χ3n) is 5.67. The number of ketones is 1. The Kier molecular flexibility index (Phi) is 4.78. The Hall–Kier alpha value is -2.18. The van der Waals surface area contributed by atoms with Gasteiger partial charge < -0.3 is 9.80 Å². The van der Waals surface area contributed by atoms with Crippen LogP contribution in [0.4, 0.5) is 17.6 Å². The Balaban J connectivity index is 1.87. The van der Waals surface area contributed by atoms with Gasteiger partial charge in [-0.25, -0.2) is 0 Å². The number of nitrogens with zero attached hydrogens (tertiary/aromatic N) is 5. The third kappa shape index (κ3) is 3.15. The summed E-state index contributed by atoms with van der Waals surface area (Å²) < 4.78 is 0. The highest BCUT2D eigenvalue weighted by atomic mass is 16.2. The van der Waals surface area contributed by atoms with Gasteiger partial charge in [0.25, 0.3) is 0 Å². The maximum Gasteiger partial charge on any atom is 0.229 e. The molecule has 2 fully saturated rings. The zero-order valence-electron chi connectivity index (χ0n) is 15.5. The summed E-state index contributed by atoms with van der Waals surface area (Å²) in [4.78, 5) is 41.1. The van der Waals surface area contributed by atoms with Gasteiger partial charge in [0.15, 0.2) is 11.6 Å². The Morgan fingerprint density at radius 1 is 0.731 bits per heavy atom. The molecule has 0 aliphatic carbocycles. The monoisotopic (exact) mass is 357 g/mol. The van der Waals surface area contributed by atoms with E-state index in [-0.39, 0.29) is 11.7 Å². The fraction of sp³-hybridized carbons (Fsp3) is 0.684. The quantitative estimate of drug-likeness (QED) is 0.809. The number of hydrogen-bond donors (Lipinski definition) is 0. The maximum absolute atomic E-state index is 13.0. The Labute approximate surface area is 154 Å². The summed E-state index contributed by atoms with van der Waals surface area (Å²) in [7, 11) is 1.74. The summed E-state index contributed by atoms with van der Waals surface area (Å²) in [5.74, 6) is 1.99. The molecule has 1 amide bonds. The van der Waals surface area contributed by atoms with E-state index in [1.165, 1.54) is 0 Å². The predicted octanol–water partition coefficient (Wildman–Crippen LogP) is 2.40. The first-order valence-corrected chi connectivity index (χ1v) is 9.87. The molecule has 0 aromatic carbocycles. The smallest absolute Gasteiger partial charge is 0.229 e. The van der Waals surface area contributed by atoms with Crippen LogP contribution in [0.15, 0.2) is 0 Å². The third-order valence-corrected chi connectivity index (χ3v) is 5.67.